The Labute approximate surface area is 120 Å². The maximum Gasteiger partial charge on any atom is 0.127 e. The second-order valence-corrected chi connectivity index (χ2v) is 5.66. The van der Waals surface area contributed by atoms with Crippen LogP contribution in [0.2, 0.25) is 0 Å². The van der Waals surface area contributed by atoms with Crippen molar-refractivity contribution in [2.24, 2.45) is 11.7 Å². The summed E-state index contributed by atoms with van der Waals surface area (Å²) in [5, 5.41) is 0. The molecule has 0 radical (unpaired) electrons. The number of hydrogen-bond acceptors (Lipinski definition) is 3. The summed E-state index contributed by atoms with van der Waals surface area (Å²) in [5.41, 5.74) is 6.73. The molecule has 1 saturated heterocycles. The minimum atomic E-state index is -0.215. The van der Waals surface area contributed by atoms with Crippen molar-refractivity contribution < 1.29 is 9.13 Å². The zero-order valence-electron chi connectivity index (χ0n) is 12.2. The van der Waals surface area contributed by atoms with Gasteiger partial charge >= 0.3 is 0 Å². The summed E-state index contributed by atoms with van der Waals surface area (Å²) in [4.78, 5) is 2.42. The third-order valence-electron chi connectivity index (χ3n) is 4.17. The first kappa shape index (κ1) is 15.4. The first-order valence-electron chi connectivity index (χ1n) is 7.42. The van der Waals surface area contributed by atoms with E-state index >= 15 is 0 Å². The Kier molecular flexibility index (Phi) is 5.95. The SMILES string of the molecule is COCC1CCN(CCC(N)c2ccccc2F)CC1. The predicted octanol–water partition coefficient (Wildman–Crippen LogP) is 2.57. The summed E-state index contributed by atoms with van der Waals surface area (Å²) >= 11 is 0. The van der Waals surface area contributed by atoms with Crippen LogP contribution in [-0.2, 0) is 4.74 Å². The van der Waals surface area contributed by atoms with Crippen molar-refractivity contribution in [3.05, 3.63) is 35.6 Å². The number of piperidine rings is 1. The van der Waals surface area contributed by atoms with E-state index in [0.717, 1.165) is 32.7 Å². The lowest BCUT2D eigenvalue weighted by Crippen LogP contribution is -2.36. The van der Waals surface area contributed by atoms with Gasteiger partial charge in [-0.25, -0.2) is 4.39 Å². The monoisotopic (exact) mass is 280 g/mol. The van der Waals surface area contributed by atoms with Crippen LogP contribution in [0.5, 0.6) is 0 Å². The van der Waals surface area contributed by atoms with E-state index < -0.39 is 0 Å². The number of halogens is 1. The van der Waals surface area contributed by atoms with Gasteiger partial charge in [0.05, 0.1) is 0 Å². The topological polar surface area (TPSA) is 38.5 Å². The Morgan fingerprint density at radius 2 is 2.05 bits per heavy atom. The molecule has 1 atom stereocenters. The Morgan fingerprint density at radius 3 is 2.70 bits per heavy atom. The highest BCUT2D eigenvalue weighted by molar-refractivity contribution is 5.20. The minimum absolute atomic E-state index is 0.196. The van der Waals surface area contributed by atoms with E-state index in [2.05, 4.69) is 4.90 Å². The normalized spacial score (nSPS) is 19.1. The van der Waals surface area contributed by atoms with Gasteiger partial charge in [0.15, 0.2) is 0 Å². The Bertz CT molecular complexity index is 405. The number of nitrogens with zero attached hydrogens (tertiary/aromatic N) is 1. The molecule has 1 unspecified atom stereocenters. The van der Waals surface area contributed by atoms with E-state index in [4.69, 9.17) is 10.5 Å². The summed E-state index contributed by atoms with van der Waals surface area (Å²) in [6, 6.07) is 6.59. The molecule has 1 heterocycles. The number of ether oxygens (including phenoxy) is 1. The molecule has 2 N–H and O–H groups in total. The third-order valence-corrected chi connectivity index (χ3v) is 4.17. The van der Waals surface area contributed by atoms with Crippen LogP contribution in [0.1, 0.15) is 30.9 Å². The van der Waals surface area contributed by atoms with Gasteiger partial charge in [-0.2, -0.15) is 0 Å². The molecule has 1 fully saturated rings. The number of likely N-dealkylation sites (tertiary alicyclic amines) is 1. The van der Waals surface area contributed by atoms with Gasteiger partial charge in [0.2, 0.25) is 0 Å². The highest BCUT2D eigenvalue weighted by Crippen LogP contribution is 2.21. The second-order valence-electron chi connectivity index (χ2n) is 5.66. The van der Waals surface area contributed by atoms with Crippen molar-refractivity contribution in [3.63, 3.8) is 0 Å². The van der Waals surface area contributed by atoms with E-state index in [1.54, 1.807) is 19.2 Å². The molecule has 112 valence electrons. The third kappa shape index (κ3) is 4.27. The lowest BCUT2D eigenvalue weighted by Gasteiger charge is -2.32. The van der Waals surface area contributed by atoms with E-state index in [-0.39, 0.29) is 11.9 Å². The van der Waals surface area contributed by atoms with E-state index in [1.165, 1.54) is 18.9 Å². The molecule has 20 heavy (non-hydrogen) atoms. The van der Waals surface area contributed by atoms with Gasteiger partial charge in [0, 0.05) is 25.3 Å². The van der Waals surface area contributed by atoms with Gasteiger partial charge in [0.1, 0.15) is 5.82 Å². The van der Waals surface area contributed by atoms with Gasteiger partial charge < -0.3 is 15.4 Å². The summed E-state index contributed by atoms with van der Waals surface area (Å²) < 4.78 is 18.8. The van der Waals surface area contributed by atoms with Crippen LogP contribution in [0, 0.1) is 11.7 Å². The molecular formula is C16H25FN2O. The molecule has 1 aliphatic heterocycles. The van der Waals surface area contributed by atoms with E-state index in [0.29, 0.717) is 11.5 Å². The highest BCUT2D eigenvalue weighted by atomic mass is 19.1. The molecule has 1 aromatic rings. The summed E-state index contributed by atoms with van der Waals surface area (Å²) in [7, 11) is 1.76. The van der Waals surface area contributed by atoms with Gasteiger partial charge in [-0.3, -0.25) is 0 Å². The number of nitrogens with two attached hydrogens (primary N) is 1. The quantitative estimate of drug-likeness (QED) is 0.870. The zero-order valence-corrected chi connectivity index (χ0v) is 12.2. The van der Waals surface area contributed by atoms with Crippen molar-refractivity contribution >= 4 is 0 Å². The molecule has 0 amide bonds. The molecule has 0 aromatic heterocycles. The summed E-state index contributed by atoms with van der Waals surface area (Å²) in [6.07, 6.45) is 3.17. The number of benzene rings is 1. The lowest BCUT2D eigenvalue weighted by atomic mass is 9.97. The maximum absolute atomic E-state index is 13.6. The molecule has 3 nitrogen and oxygen atoms in total. The molecular weight excluding hydrogens is 255 g/mol. The first-order chi connectivity index (χ1) is 9.70. The summed E-state index contributed by atoms with van der Waals surface area (Å²) in [5.74, 6) is 0.496. The van der Waals surface area contributed by atoms with Crippen LogP contribution >= 0.6 is 0 Å². The van der Waals surface area contributed by atoms with Crippen molar-refractivity contribution in [1.82, 2.24) is 4.90 Å². The van der Waals surface area contributed by atoms with Crippen molar-refractivity contribution in [3.8, 4) is 0 Å². The molecule has 4 heteroatoms. The van der Waals surface area contributed by atoms with Gasteiger partial charge in [-0.15, -0.1) is 0 Å². The summed E-state index contributed by atoms with van der Waals surface area (Å²) in [6.45, 7) is 3.99. The number of hydrogen-bond donors (Lipinski definition) is 1. The number of rotatable bonds is 6. The predicted molar refractivity (Wildman–Crippen MR) is 79.0 cm³/mol. The van der Waals surface area contributed by atoms with Crippen LogP contribution in [-0.4, -0.2) is 38.3 Å². The Morgan fingerprint density at radius 1 is 1.35 bits per heavy atom. The van der Waals surface area contributed by atoms with Crippen molar-refractivity contribution in [2.75, 3.05) is 33.4 Å². The fraction of sp³-hybridized carbons (Fsp3) is 0.625. The molecule has 0 aliphatic carbocycles. The fourth-order valence-corrected chi connectivity index (χ4v) is 2.87. The standard InChI is InChI=1S/C16H25FN2O/c1-20-12-13-6-9-19(10-7-13)11-8-16(18)14-4-2-3-5-15(14)17/h2-5,13,16H,6-12,18H2,1H3. The largest absolute Gasteiger partial charge is 0.384 e. The van der Waals surface area contributed by atoms with Gasteiger partial charge in [-0.05, 0) is 50.9 Å². The average molecular weight is 280 g/mol. The smallest absolute Gasteiger partial charge is 0.127 e. The van der Waals surface area contributed by atoms with Crippen LogP contribution < -0.4 is 5.73 Å². The van der Waals surface area contributed by atoms with Crippen LogP contribution in [0.25, 0.3) is 0 Å². The average Bonchev–Trinajstić information content (AvgIpc) is 2.47. The molecule has 1 aliphatic rings. The highest BCUT2D eigenvalue weighted by Gasteiger charge is 2.20. The van der Waals surface area contributed by atoms with E-state index in [1.807, 2.05) is 6.07 Å². The molecule has 2 rings (SSSR count). The Balaban J connectivity index is 1.75. The minimum Gasteiger partial charge on any atom is -0.384 e. The van der Waals surface area contributed by atoms with Crippen molar-refractivity contribution in [2.45, 2.75) is 25.3 Å². The lowest BCUT2D eigenvalue weighted by molar-refractivity contribution is 0.0982. The van der Waals surface area contributed by atoms with Crippen molar-refractivity contribution in [1.29, 1.82) is 0 Å². The second kappa shape index (κ2) is 7.72. The molecule has 0 spiro atoms. The Hall–Kier alpha value is -0.970. The van der Waals surface area contributed by atoms with Crippen LogP contribution in [0.4, 0.5) is 4.39 Å². The fourth-order valence-electron chi connectivity index (χ4n) is 2.87. The molecule has 1 aromatic carbocycles. The molecule has 0 saturated carbocycles. The first-order valence-corrected chi connectivity index (χ1v) is 7.42. The van der Waals surface area contributed by atoms with Gasteiger partial charge in [0.25, 0.3) is 0 Å². The maximum atomic E-state index is 13.6. The molecule has 0 bridgehead atoms. The van der Waals surface area contributed by atoms with Crippen LogP contribution in [0.3, 0.4) is 0 Å². The zero-order chi connectivity index (χ0) is 14.4. The van der Waals surface area contributed by atoms with Gasteiger partial charge in [-0.1, -0.05) is 18.2 Å². The number of methoxy groups -OCH3 is 1. The van der Waals surface area contributed by atoms with Crippen LogP contribution in [0.15, 0.2) is 24.3 Å². The van der Waals surface area contributed by atoms with E-state index in [9.17, 15) is 4.39 Å².